The van der Waals surface area contributed by atoms with Crippen molar-refractivity contribution in [2.45, 2.75) is 24.2 Å². The van der Waals surface area contributed by atoms with Crippen molar-refractivity contribution in [3.05, 3.63) is 52.0 Å². The van der Waals surface area contributed by atoms with Crippen LogP contribution < -0.4 is 0 Å². The summed E-state index contributed by atoms with van der Waals surface area (Å²) in [4.78, 5) is 0.280. The summed E-state index contributed by atoms with van der Waals surface area (Å²) < 4.78 is 28.3. The Balaban J connectivity index is 1.70. The highest BCUT2D eigenvalue weighted by atomic mass is 79.9. The van der Waals surface area contributed by atoms with Gasteiger partial charge in [-0.05, 0) is 47.9 Å². The molecular weight excluding hydrogens is 398 g/mol. The van der Waals surface area contributed by atoms with E-state index < -0.39 is 10.0 Å². The van der Waals surface area contributed by atoms with Gasteiger partial charge in [-0.3, -0.25) is 0 Å². The molecular formula is C17H19BrClNO2S. The van der Waals surface area contributed by atoms with E-state index >= 15 is 0 Å². The monoisotopic (exact) mass is 415 g/mol. The van der Waals surface area contributed by atoms with Gasteiger partial charge in [-0.1, -0.05) is 51.8 Å². The van der Waals surface area contributed by atoms with Crippen LogP contribution in [0.25, 0.3) is 0 Å². The minimum Gasteiger partial charge on any atom is -0.207 e. The van der Waals surface area contributed by atoms with Crippen LogP contribution in [0.5, 0.6) is 0 Å². The molecule has 1 saturated heterocycles. The Labute approximate surface area is 151 Å². The number of sulfonamides is 1. The first-order valence-corrected chi connectivity index (χ1v) is 10.4. The molecule has 0 amide bonds. The van der Waals surface area contributed by atoms with E-state index in [1.165, 1.54) is 10.5 Å². The average Bonchev–Trinajstić information content (AvgIpc) is 2.55. The fraction of sp³-hybridized carbons (Fsp3) is 0.412. The zero-order chi connectivity index (χ0) is 16.4. The molecule has 1 aromatic rings. The third-order valence-electron chi connectivity index (χ3n) is 4.55. The molecule has 0 N–H and O–H groups in total. The summed E-state index contributed by atoms with van der Waals surface area (Å²) in [6.07, 6.45) is 9.34. The van der Waals surface area contributed by atoms with Crippen LogP contribution in [0.2, 0.25) is 5.02 Å². The highest BCUT2D eigenvalue weighted by Gasteiger charge is 2.33. The van der Waals surface area contributed by atoms with Crippen LogP contribution in [0.4, 0.5) is 0 Å². The molecule has 124 valence electrons. The van der Waals surface area contributed by atoms with Crippen molar-refractivity contribution in [3.63, 3.8) is 0 Å². The molecule has 0 spiro atoms. The van der Waals surface area contributed by atoms with Gasteiger partial charge in [-0.25, -0.2) is 8.42 Å². The van der Waals surface area contributed by atoms with Gasteiger partial charge in [-0.15, -0.1) is 0 Å². The molecule has 1 aromatic carbocycles. The Kier molecular flexibility index (Phi) is 5.31. The van der Waals surface area contributed by atoms with Crippen molar-refractivity contribution in [3.8, 4) is 0 Å². The molecule has 0 radical (unpaired) electrons. The molecule has 3 nitrogen and oxygen atoms in total. The van der Waals surface area contributed by atoms with E-state index in [2.05, 4.69) is 34.2 Å². The van der Waals surface area contributed by atoms with E-state index in [1.54, 1.807) is 22.5 Å². The molecule has 2 aliphatic rings. The number of benzene rings is 1. The van der Waals surface area contributed by atoms with Crippen molar-refractivity contribution in [2.75, 3.05) is 13.1 Å². The summed E-state index contributed by atoms with van der Waals surface area (Å²) >= 11 is 9.58. The molecule has 3 rings (SSSR count). The van der Waals surface area contributed by atoms with E-state index in [9.17, 15) is 8.42 Å². The first-order chi connectivity index (χ1) is 11.0. The lowest BCUT2D eigenvalue weighted by atomic mass is 9.83. The van der Waals surface area contributed by atoms with Gasteiger partial charge in [-0.2, -0.15) is 4.31 Å². The lowest BCUT2D eigenvalue weighted by Gasteiger charge is -2.35. The molecule has 1 aliphatic heterocycles. The maximum atomic E-state index is 12.7. The van der Waals surface area contributed by atoms with Crippen LogP contribution in [0.3, 0.4) is 0 Å². The van der Waals surface area contributed by atoms with Gasteiger partial charge in [0, 0.05) is 24.0 Å². The lowest BCUT2D eigenvalue weighted by molar-refractivity contribution is 0.248. The fourth-order valence-electron chi connectivity index (χ4n) is 3.27. The van der Waals surface area contributed by atoms with Gasteiger partial charge in [0.15, 0.2) is 0 Å². The second kappa shape index (κ2) is 7.09. The molecule has 1 unspecified atom stereocenters. The van der Waals surface area contributed by atoms with Gasteiger partial charge in [0.05, 0.1) is 4.90 Å². The predicted molar refractivity (Wildman–Crippen MR) is 97.2 cm³/mol. The Morgan fingerprint density at radius 1 is 1.22 bits per heavy atom. The molecule has 1 fully saturated rings. The highest BCUT2D eigenvalue weighted by molar-refractivity contribution is 9.11. The van der Waals surface area contributed by atoms with Crippen LogP contribution in [0.1, 0.15) is 19.3 Å². The zero-order valence-corrected chi connectivity index (χ0v) is 15.8. The smallest absolute Gasteiger partial charge is 0.207 e. The van der Waals surface area contributed by atoms with Crippen LogP contribution in [-0.2, 0) is 10.0 Å². The van der Waals surface area contributed by atoms with Crippen molar-refractivity contribution in [1.82, 2.24) is 4.31 Å². The van der Waals surface area contributed by atoms with Gasteiger partial charge in [0.2, 0.25) is 10.0 Å². The third-order valence-corrected chi connectivity index (χ3v) is 7.53. The number of allylic oxidation sites excluding steroid dienone is 4. The van der Waals surface area contributed by atoms with Crippen molar-refractivity contribution in [1.29, 1.82) is 0 Å². The summed E-state index contributed by atoms with van der Waals surface area (Å²) in [7, 11) is -3.45. The summed E-state index contributed by atoms with van der Waals surface area (Å²) in [5, 5.41) is 0.447. The second-order valence-electron chi connectivity index (χ2n) is 5.98. The molecule has 0 saturated carbocycles. The quantitative estimate of drug-likeness (QED) is 0.676. The van der Waals surface area contributed by atoms with E-state index in [-0.39, 0.29) is 4.90 Å². The predicted octanol–water partition coefficient (Wildman–Crippen LogP) is 4.60. The fourth-order valence-corrected chi connectivity index (χ4v) is 5.75. The highest BCUT2D eigenvalue weighted by Crippen LogP contribution is 2.37. The topological polar surface area (TPSA) is 37.4 Å². The Morgan fingerprint density at radius 3 is 2.61 bits per heavy atom. The average molecular weight is 417 g/mol. The van der Waals surface area contributed by atoms with Crippen molar-refractivity contribution >= 4 is 37.6 Å². The third kappa shape index (κ3) is 3.73. The Morgan fingerprint density at radius 2 is 1.96 bits per heavy atom. The van der Waals surface area contributed by atoms with E-state index in [0.29, 0.717) is 29.9 Å². The lowest BCUT2D eigenvalue weighted by Crippen LogP contribution is -2.40. The molecule has 1 aliphatic carbocycles. The number of hydrogen-bond acceptors (Lipinski definition) is 2. The van der Waals surface area contributed by atoms with Gasteiger partial charge < -0.3 is 0 Å². The minimum atomic E-state index is -3.45. The molecule has 1 atom stereocenters. The Hall–Kier alpha value is -0.620. The van der Waals surface area contributed by atoms with Gasteiger partial charge in [0.1, 0.15) is 0 Å². The normalized spacial score (nSPS) is 23.7. The van der Waals surface area contributed by atoms with E-state index in [1.807, 2.05) is 0 Å². The standard InChI is InChI=1S/C17H19BrClNO2S/c18-17-7-2-1-6-16(17)13-8-10-20(11-9-13)23(21,22)15-5-3-4-14(19)12-15/h1,3-7,12-13,16H,2,8-11H2. The van der Waals surface area contributed by atoms with E-state index in [4.69, 9.17) is 11.6 Å². The number of rotatable bonds is 3. The molecule has 1 heterocycles. The van der Waals surface area contributed by atoms with Crippen LogP contribution in [0, 0.1) is 11.8 Å². The Bertz CT molecular complexity index is 737. The summed E-state index contributed by atoms with van der Waals surface area (Å²) in [6.45, 7) is 1.12. The number of piperidine rings is 1. The largest absolute Gasteiger partial charge is 0.243 e. The van der Waals surface area contributed by atoms with Gasteiger partial charge in [0.25, 0.3) is 0 Å². The molecule has 6 heteroatoms. The molecule has 0 aromatic heterocycles. The number of hydrogen-bond donors (Lipinski definition) is 0. The summed E-state index contributed by atoms with van der Waals surface area (Å²) in [5.74, 6) is 0.878. The van der Waals surface area contributed by atoms with Crippen LogP contribution in [-0.4, -0.2) is 25.8 Å². The van der Waals surface area contributed by atoms with Crippen LogP contribution in [0.15, 0.2) is 51.9 Å². The van der Waals surface area contributed by atoms with E-state index in [0.717, 1.165) is 19.3 Å². The van der Waals surface area contributed by atoms with Crippen LogP contribution >= 0.6 is 27.5 Å². The molecule has 0 bridgehead atoms. The van der Waals surface area contributed by atoms with Crippen molar-refractivity contribution in [2.24, 2.45) is 11.8 Å². The first-order valence-electron chi connectivity index (χ1n) is 7.76. The maximum absolute atomic E-state index is 12.7. The molecule has 23 heavy (non-hydrogen) atoms. The van der Waals surface area contributed by atoms with Crippen molar-refractivity contribution < 1.29 is 8.42 Å². The maximum Gasteiger partial charge on any atom is 0.243 e. The minimum absolute atomic E-state index is 0.280. The second-order valence-corrected chi connectivity index (χ2v) is 9.27. The summed E-state index contributed by atoms with van der Waals surface area (Å²) in [6, 6.07) is 6.49. The number of halogens is 2. The zero-order valence-electron chi connectivity index (χ0n) is 12.7. The van der Waals surface area contributed by atoms with Gasteiger partial charge >= 0.3 is 0 Å². The number of nitrogens with zero attached hydrogens (tertiary/aromatic N) is 1. The SMILES string of the molecule is O=S(=O)(c1cccc(Cl)c1)N1CCC(C2C=CCC=C2Br)CC1. The first kappa shape index (κ1) is 17.2. The summed E-state index contributed by atoms with van der Waals surface area (Å²) in [5.41, 5.74) is 0.